The van der Waals surface area contributed by atoms with Gasteiger partial charge in [-0.1, -0.05) is 0 Å². The molecule has 2 unspecified atom stereocenters. The van der Waals surface area contributed by atoms with Crippen LogP contribution in [0.25, 0.3) is 0 Å². The van der Waals surface area contributed by atoms with Gasteiger partial charge in [0.15, 0.2) is 0 Å². The van der Waals surface area contributed by atoms with E-state index in [9.17, 15) is 13.5 Å². The fraction of sp³-hybridized carbons (Fsp3) is 1.00. The highest BCUT2D eigenvalue weighted by atomic mass is 32.2. The molecule has 1 fully saturated rings. The van der Waals surface area contributed by atoms with E-state index in [4.69, 9.17) is 0 Å². The average Bonchev–Trinajstić information content (AvgIpc) is 2.01. The van der Waals surface area contributed by atoms with Crippen molar-refractivity contribution >= 4 is 10.0 Å². The van der Waals surface area contributed by atoms with E-state index in [0.717, 1.165) is 0 Å². The lowest BCUT2D eigenvalue weighted by molar-refractivity contribution is 0.143. The van der Waals surface area contributed by atoms with Gasteiger partial charge in [0.25, 0.3) is 0 Å². The van der Waals surface area contributed by atoms with Gasteiger partial charge in [-0.15, -0.1) is 0 Å². The van der Waals surface area contributed by atoms with Crippen molar-refractivity contribution in [2.75, 3.05) is 13.1 Å². The Labute approximate surface area is 84.9 Å². The Kier molecular flexibility index (Phi) is 3.88. The van der Waals surface area contributed by atoms with Crippen LogP contribution < -0.4 is 10.0 Å². The first kappa shape index (κ1) is 11.9. The van der Waals surface area contributed by atoms with Gasteiger partial charge in [-0.3, -0.25) is 0 Å². The molecule has 3 N–H and O–H groups in total. The van der Waals surface area contributed by atoms with Crippen LogP contribution in [-0.2, 0) is 10.0 Å². The Hall–Kier alpha value is -0.170. The number of aliphatic hydroxyl groups is 1. The highest BCUT2D eigenvalue weighted by molar-refractivity contribution is 7.90. The van der Waals surface area contributed by atoms with Crippen LogP contribution in [0.5, 0.6) is 0 Å². The van der Waals surface area contributed by atoms with Gasteiger partial charge in [0, 0.05) is 19.1 Å². The molecule has 0 aliphatic carbocycles. The van der Waals surface area contributed by atoms with Crippen molar-refractivity contribution in [3.05, 3.63) is 0 Å². The molecule has 14 heavy (non-hydrogen) atoms. The molecule has 0 amide bonds. The highest BCUT2D eigenvalue weighted by Gasteiger charge is 2.30. The quantitative estimate of drug-likeness (QED) is 0.574. The predicted molar refractivity (Wildman–Crippen MR) is 54.5 cm³/mol. The second kappa shape index (κ2) is 4.57. The first-order valence-corrected chi connectivity index (χ1v) is 6.36. The first-order valence-electron chi connectivity index (χ1n) is 4.81. The van der Waals surface area contributed by atoms with Crippen molar-refractivity contribution in [2.45, 2.75) is 37.7 Å². The molecule has 0 aromatic carbocycles. The van der Waals surface area contributed by atoms with E-state index in [1.807, 2.05) is 0 Å². The van der Waals surface area contributed by atoms with Crippen LogP contribution in [0.1, 0.15) is 20.3 Å². The molecule has 6 heteroatoms. The van der Waals surface area contributed by atoms with Crippen LogP contribution in [0.4, 0.5) is 0 Å². The van der Waals surface area contributed by atoms with Crippen molar-refractivity contribution in [1.82, 2.24) is 10.0 Å². The zero-order valence-electron chi connectivity index (χ0n) is 8.53. The second-order valence-corrected chi connectivity index (χ2v) is 5.98. The van der Waals surface area contributed by atoms with Crippen molar-refractivity contribution < 1.29 is 13.5 Å². The summed E-state index contributed by atoms with van der Waals surface area (Å²) in [7, 11) is -3.29. The first-order chi connectivity index (χ1) is 6.42. The van der Waals surface area contributed by atoms with Gasteiger partial charge < -0.3 is 10.4 Å². The largest absolute Gasteiger partial charge is 0.392 e. The number of rotatable bonds is 3. The topological polar surface area (TPSA) is 78.4 Å². The molecule has 5 nitrogen and oxygen atoms in total. The molecule has 2 atom stereocenters. The summed E-state index contributed by atoms with van der Waals surface area (Å²) in [6, 6.07) is -0.0981. The van der Waals surface area contributed by atoms with Crippen molar-refractivity contribution in [3.8, 4) is 0 Å². The number of aliphatic hydroxyl groups excluding tert-OH is 1. The third-order valence-electron chi connectivity index (χ3n) is 2.13. The van der Waals surface area contributed by atoms with E-state index in [-0.39, 0.29) is 6.04 Å². The summed E-state index contributed by atoms with van der Waals surface area (Å²) in [6.45, 7) is 4.46. The Morgan fingerprint density at radius 3 is 2.57 bits per heavy atom. The van der Waals surface area contributed by atoms with Gasteiger partial charge in [-0.25, -0.2) is 13.1 Å². The van der Waals surface area contributed by atoms with Crippen LogP contribution in [0.2, 0.25) is 0 Å². The Balaban J connectivity index is 2.62. The second-order valence-electron chi connectivity index (χ2n) is 3.99. The number of nitrogens with one attached hydrogen (secondary N) is 2. The van der Waals surface area contributed by atoms with E-state index in [1.54, 1.807) is 13.8 Å². The Morgan fingerprint density at radius 1 is 1.43 bits per heavy atom. The lowest BCUT2D eigenvalue weighted by Gasteiger charge is -2.27. The maximum atomic E-state index is 11.7. The molecule has 1 rings (SSSR count). The summed E-state index contributed by atoms with van der Waals surface area (Å²) >= 11 is 0. The van der Waals surface area contributed by atoms with Crippen molar-refractivity contribution in [1.29, 1.82) is 0 Å². The highest BCUT2D eigenvalue weighted by Crippen LogP contribution is 2.11. The molecule has 1 aliphatic rings. The van der Waals surface area contributed by atoms with E-state index in [1.165, 1.54) is 0 Å². The van der Waals surface area contributed by atoms with Crippen LogP contribution in [0.15, 0.2) is 0 Å². The van der Waals surface area contributed by atoms with E-state index < -0.39 is 21.4 Å². The molecule has 0 radical (unpaired) electrons. The number of hydrogen-bond acceptors (Lipinski definition) is 4. The maximum Gasteiger partial charge on any atom is 0.216 e. The average molecular weight is 222 g/mol. The SMILES string of the molecule is CC(C)NS(=O)(=O)C1CNCC(O)C1. The van der Waals surface area contributed by atoms with Crippen molar-refractivity contribution in [2.24, 2.45) is 0 Å². The minimum Gasteiger partial charge on any atom is -0.392 e. The van der Waals surface area contributed by atoms with Crippen LogP contribution in [0.3, 0.4) is 0 Å². The molecule has 0 aromatic rings. The molecule has 0 aromatic heterocycles. The summed E-state index contributed by atoms with van der Waals surface area (Å²) in [5.41, 5.74) is 0. The van der Waals surface area contributed by atoms with Crippen LogP contribution >= 0.6 is 0 Å². The summed E-state index contributed by atoms with van der Waals surface area (Å²) in [5.74, 6) is 0. The van der Waals surface area contributed by atoms with Gasteiger partial charge in [-0.05, 0) is 20.3 Å². The standard InChI is InChI=1S/C8H18N2O3S/c1-6(2)10-14(12,13)8-3-7(11)4-9-5-8/h6-11H,3-5H2,1-2H3. The summed E-state index contributed by atoms with van der Waals surface area (Å²) < 4.78 is 25.9. The molecule has 1 aliphatic heterocycles. The van der Waals surface area contributed by atoms with Gasteiger partial charge in [0.2, 0.25) is 10.0 Å². The van der Waals surface area contributed by atoms with Crippen LogP contribution in [0, 0.1) is 0 Å². The zero-order valence-corrected chi connectivity index (χ0v) is 9.34. The van der Waals surface area contributed by atoms with Gasteiger partial charge in [0.1, 0.15) is 0 Å². The van der Waals surface area contributed by atoms with Gasteiger partial charge in [0.05, 0.1) is 11.4 Å². The molecular weight excluding hydrogens is 204 g/mol. The molecule has 0 saturated carbocycles. The third kappa shape index (κ3) is 3.20. The Bertz CT molecular complexity index is 276. The maximum absolute atomic E-state index is 11.7. The van der Waals surface area contributed by atoms with Gasteiger partial charge >= 0.3 is 0 Å². The summed E-state index contributed by atoms with van der Waals surface area (Å²) in [6.07, 6.45) is -0.243. The third-order valence-corrected chi connectivity index (χ3v) is 4.16. The normalized spacial score (nSPS) is 29.4. The zero-order chi connectivity index (χ0) is 10.8. The lowest BCUT2D eigenvalue weighted by atomic mass is 10.1. The number of piperidine rings is 1. The molecule has 0 spiro atoms. The number of β-amino-alcohol motifs (C(OH)–C–C–N with tert-alkyl or cyclic N) is 1. The fourth-order valence-corrected chi connectivity index (χ4v) is 3.20. The smallest absolute Gasteiger partial charge is 0.216 e. The van der Waals surface area contributed by atoms with Crippen LogP contribution in [-0.4, -0.2) is 44.0 Å². The fourth-order valence-electron chi connectivity index (χ4n) is 1.54. The predicted octanol–water partition coefficient (Wildman–Crippen LogP) is -0.963. The lowest BCUT2D eigenvalue weighted by Crippen LogP contribution is -2.50. The number of hydrogen-bond donors (Lipinski definition) is 3. The van der Waals surface area contributed by atoms with Crippen molar-refractivity contribution in [3.63, 3.8) is 0 Å². The molecule has 0 bridgehead atoms. The number of sulfonamides is 1. The van der Waals surface area contributed by atoms with Gasteiger partial charge in [-0.2, -0.15) is 0 Å². The van der Waals surface area contributed by atoms with E-state index >= 15 is 0 Å². The molecular formula is C8H18N2O3S. The molecule has 1 saturated heterocycles. The molecule has 1 heterocycles. The van der Waals surface area contributed by atoms with E-state index in [2.05, 4.69) is 10.0 Å². The molecule has 84 valence electrons. The monoisotopic (exact) mass is 222 g/mol. The van der Waals surface area contributed by atoms with E-state index in [0.29, 0.717) is 19.5 Å². The minimum atomic E-state index is -3.29. The Morgan fingerprint density at radius 2 is 2.07 bits per heavy atom. The minimum absolute atomic E-state index is 0.0981. The summed E-state index contributed by atoms with van der Waals surface area (Å²) in [5, 5.41) is 11.7. The summed E-state index contributed by atoms with van der Waals surface area (Å²) in [4.78, 5) is 0.